The van der Waals surface area contributed by atoms with Gasteiger partial charge in [0.25, 0.3) is 0 Å². The number of amides is 1. The van der Waals surface area contributed by atoms with Crippen molar-refractivity contribution in [3.05, 3.63) is 35.6 Å². The van der Waals surface area contributed by atoms with Crippen LogP contribution in [0.4, 0.5) is 4.39 Å². The molecule has 0 heterocycles. The predicted molar refractivity (Wildman–Crippen MR) is 71.3 cm³/mol. The summed E-state index contributed by atoms with van der Waals surface area (Å²) in [5.74, 6) is -0.275. The number of hydrogen-bond donors (Lipinski definition) is 2. The first kappa shape index (κ1) is 14.0. The van der Waals surface area contributed by atoms with E-state index < -0.39 is 5.41 Å². The summed E-state index contributed by atoms with van der Waals surface area (Å²) in [7, 11) is 0. The Hall–Kier alpha value is -1.42. The molecule has 0 saturated heterocycles. The fourth-order valence-electron chi connectivity index (χ4n) is 2.84. The molecule has 1 saturated carbocycles. The number of rotatable bonds is 5. The van der Waals surface area contributed by atoms with Crippen molar-refractivity contribution in [3.63, 3.8) is 0 Å². The molecule has 1 fully saturated rings. The first-order valence-electron chi connectivity index (χ1n) is 6.84. The highest BCUT2D eigenvalue weighted by Crippen LogP contribution is 2.41. The van der Waals surface area contributed by atoms with Crippen LogP contribution in [0.3, 0.4) is 0 Å². The topological polar surface area (TPSA) is 49.3 Å². The van der Waals surface area contributed by atoms with E-state index in [4.69, 9.17) is 5.11 Å². The summed E-state index contributed by atoms with van der Waals surface area (Å²) in [6.45, 7) is 0.558. The van der Waals surface area contributed by atoms with E-state index in [1.165, 1.54) is 12.1 Å². The Morgan fingerprint density at radius 3 is 2.47 bits per heavy atom. The van der Waals surface area contributed by atoms with Crippen molar-refractivity contribution >= 4 is 5.91 Å². The molecular weight excluding hydrogens is 245 g/mol. The Kier molecular flexibility index (Phi) is 4.53. The summed E-state index contributed by atoms with van der Waals surface area (Å²) in [4.78, 5) is 12.4. The van der Waals surface area contributed by atoms with Crippen molar-refractivity contribution in [3.8, 4) is 0 Å². The Bertz CT molecular complexity index is 424. The smallest absolute Gasteiger partial charge is 0.230 e. The molecule has 2 rings (SSSR count). The van der Waals surface area contributed by atoms with Crippen LogP contribution in [-0.2, 0) is 10.2 Å². The van der Waals surface area contributed by atoms with Gasteiger partial charge in [-0.2, -0.15) is 0 Å². The Morgan fingerprint density at radius 1 is 1.26 bits per heavy atom. The van der Waals surface area contributed by atoms with Crippen LogP contribution in [0.25, 0.3) is 0 Å². The summed E-state index contributed by atoms with van der Waals surface area (Å²) < 4.78 is 13.0. The summed E-state index contributed by atoms with van der Waals surface area (Å²) >= 11 is 0. The molecule has 1 aliphatic rings. The van der Waals surface area contributed by atoms with Gasteiger partial charge in [0.2, 0.25) is 5.91 Å². The molecule has 0 bridgehead atoms. The van der Waals surface area contributed by atoms with Gasteiger partial charge in [0.1, 0.15) is 5.82 Å². The van der Waals surface area contributed by atoms with E-state index in [-0.39, 0.29) is 18.3 Å². The van der Waals surface area contributed by atoms with Crippen molar-refractivity contribution < 1.29 is 14.3 Å². The van der Waals surface area contributed by atoms with E-state index >= 15 is 0 Å². The Labute approximate surface area is 112 Å². The summed E-state index contributed by atoms with van der Waals surface area (Å²) in [6, 6.07) is 6.26. The van der Waals surface area contributed by atoms with E-state index in [0.29, 0.717) is 13.0 Å². The molecule has 19 heavy (non-hydrogen) atoms. The number of hydrogen-bond acceptors (Lipinski definition) is 2. The monoisotopic (exact) mass is 265 g/mol. The lowest BCUT2D eigenvalue weighted by Gasteiger charge is -2.28. The van der Waals surface area contributed by atoms with Crippen LogP contribution in [-0.4, -0.2) is 24.2 Å². The van der Waals surface area contributed by atoms with E-state index in [9.17, 15) is 9.18 Å². The van der Waals surface area contributed by atoms with Crippen LogP contribution in [0, 0.1) is 5.82 Å². The molecule has 1 aliphatic carbocycles. The zero-order valence-corrected chi connectivity index (χ0v) is 11.0. The third-order valence-electron chi connectivity index (χ3n) is 3.91. The molecular formula is C15H20FNO2. The van der Waals surface area contributed by atoms with E-state index in [0.717, 1.165) is 31.2 Å². The highest BCUT2D eigenvalue weighted by atomic mass is 19.1. The van der Waals surface area contributed by atoms with Crippen LogP contribution < -0.4 is 5.32 Å². The maximum Gasteiger partial charge on any atom is 0.230 e. The molecule has 2 N–H and O–H groups in total. The first-order chi connectivity index (χ1) is 9.19. The quantitative estimate of drug-likeness (QED) is 0.801. The third kappa shape index (κ3) is 2.95. The minimum atomic E-state index is -0.511. The minimum absolute atomic E-state index is 0.00468. The SMILES string of the molecule is O=C(NCCCO)C1(c2ccc(F)cc2)CCCC1. The van der Waals surface area contributed by atoms with Crippen molar-refractivity contribution in [1.29, 1.82) is 0 Å². The summed E-state index contributed by atoms with van der Waals surface area (Å²) in [5, 5.41) is 11.7. The van der Waals surface area contributed by atoms with Crippen molar-refractivity contribution in [2.75, 3.05) is 13.2 Å². The average Bonchev–Trinajstić information content (AvgIpc) is 2.90. The summed E-state index contributed by atoms with van der Waals surface area (Å²) in [5.41, 5.74) is 0.385. The van der Waals surface area contributed by atoms with Crippen LogP contribution in [0.2, 0.25) is 0 Å². The molecule has 0 radical (unpaired) electrons. The number of carbonyl (C=O) groups is 1. The molecule has 0 aromatic heterocycles. The first-order valence-corrected chi connectivity index (χ1v) is 6.84. The number of aliphatic hydroxyl groups excluding tert-OH is 1. The van der Waals surface area contributed by atoms with Gasteiger partial charge in [0, 0.05) is 13.2 Å². The lowest BCUT2D eigenvalue weighted by Crippen LogP contribution is -2.43. The molecule has 1 aromatic carbocycles. The number of halogens is 1. The van der Waals surface area contributed by atoms with Gasteiger partial charge in [-0.25, -0.2) is 4.39 Å². The predicted octanol–water partition coefficient (Wildman–Crippen LogP) is 2.14. The molecule has 0 aliphatic heterocycles. The maximum atomic E-state index is 13.0. The van der Waals surface area contributed by atoms with E-state index in [1.807, 2.05) is 0 Å². The fourth-order valence-corrected chi connectivity index (χ4v) is 2.84. The second-order valence-corrected chi connectivity index (χ2v) is 5.13. The Balaban J connectivity index is 2.17. The van der Waals surface area contributed by atoms with E-state index in [2.05, 4.69) is 5.32 Å². The summed E-state index contributed by atoms with van der Waals surface area (Å²) in [6.07, 6.45) is 4.22. The second-order valence-electron chi connectivity index (χ2n) is 5.13. The van der Waals surface area contributed by atoms with Gasteiger partial charge < -0.3 is 10.4 Å². The Morgan fingerprint density at radius 2 is 1.89 bits per heavy atom. The molecule has 0 atom stereocenters. The van der Waals surface area contributed by atoms with Gasteiger partial charge in [-0.3, -0.25) is 4.79 Å². The zero-order valence-electron chi connectivity index (χ0n) is 11.0. The third-order valence-corrected chi connectivity index (χ3v) is 3.91. The van der Waals surface area contributed by atoms with Crippen LogP contribution in [0.5, 0.6) is 0 Å². The van der Waals surface area contributed by atoms with Gasteiger partial charge >= 0.3 is 0 Å². The van der Waals surface area contributed by atoms with Crippen LogP contribution >= 0.6 is 0 Å². The molecule has 4 heteroatoms. The molecule has 104 valence electrons. The maximum absolute atomic E-state index is 13.0. The normalized spacial score (nSPS) is 17.4. The largest absolute Gasteiger partial charge is 0.396 e. The van der Waals surface area contributed by atoms with Gasteiger partial charge in [0.15, 0.2) is 0 Å². The minimum Gasteiger partial charge on any atom is -0.396 e. The number of aliphatic hydroxyl groups is 1. The van der Waals surface area contributed by atoms with Gasteiger partial charge in [-0.1, -0.05) is 25.0 Å². The van der Waals surface area contributed by atoms with Crippen molar-refractivity contribution in [2.24, 2.45) is 0 Å². The van der Waals surface area contributed by atoms with E-state index in [1.54, 1.807) is 12.1 Å². The van der Waals surface area contributed by atoms with Crippen molar-refractivity contribution in [2.45, 2.75) is 37.5 Å². The average molecular weight is 265 g/mol. The van der Waals surface area contributed by atoms with Gasteiger partial charge in [-0.05, 0) is 37.0 Å². The lowest BCUT2D eigenvalue weighted by atomic mass is 9.78. The molecule has 3 nitrogen and oxygen atoms in total. The van der Waals surface area contributed by atoms with Crippen LogP contribution in [0.15, 0.2) is 24.3 Å². The standard InChI is InChI=1S/C15H20FNO2/c16-13-6-4-12(5-7-13)15(8-1-2-9-15)14(19)17-10-3-11-18/h4-7,18H,1-3,8-11H2,(H,17,19). The highest BCUT2D eigenvalue weighted by Gasteiger charge is 2.42. The molecule has 0 unspecified atom stereocenters. The number of carbonyl (C=O) groups excluding carboxylic acids is 1. The van der Waals surface area contributed by atoms with Gasteiger partial charge in [-0.15, -0.1) is 0 Å². The lowest BCUT2D eigenvalue weighted by molar-refractivity contribution is -0.126. The zero-order chi connectivity index (χ0) is 13.7. The fraction of sp³-hybridized carbons (Fsp3) is 0.533. The molecule has 0 spiro atoms. The highest BCUT2D eigenvalue weighted by molar-refractivity contribution is 5.88. The molecule has 1 aromatic rings. The second kappa shape index (κ2) is 6.15. The molecule has 1 amide bonds. The van der Waals surface area contributed by atoms with Crippen molar-refractivity contribution in [1.82, 2.24) is 5.32 Å². The number of nitrogens with one attached hydrogen (secondary N) is 1. The van der Waals surface area contributed by atoms with Crippen LogP contribution in [0.1, 0.15) is 37.7 Å². The number of benzene rings is 1. The van der Waals surface area contributed by atoms with Gasteiger partial charge in [0.05, 0.1) is 5.41 Å².